The highest BCUT2D eigenvalue weighted by atomic mass is 35.5. The lowest BCUT2D eigenvalue weighted by molar-refractivity contribution is 0.0625. The van der Waals surface area contributed by atoms with E-state index in [0.29, 0.717) is 5.25 Å². The molecule has 6 heteroatoms. The van der Waals surface area contributed by atoms with E-state index in [0.717, 1.165) is 43.2 Å². The van der Waals surface area contributed by atoms with E-state index in [1.54, 1.807) is 0 Å². The molecule has 1 fully saturated rings. The van der Waals surface area contributed by atoms with Gasteiger partial charge in [-0.05, 0) is 49.1 Å². The van der Waals surface area contributed by atoms with Crippen LogP contribution in [0.4, 0.5) is 0 Å². The van der Waals surface area contributed by atoms with Gasteiger partial charge in [0.2, 0.25) is 0 Å². The fourth-order valence-electron chi connectivity index (χ4n) is 3.13. The summed E-state index contributed by atoms with van der Waals surface area (Å²) in [6.07, 6.45) is 5.69. The molecule has 1 aliphatic heterocycles. The van der Waals surface area contributed by atoms with Gasteiger partial charge in [-0.2, -0.15) is 11.8 Å². The molecule has 0 saturated carbocycles. The number of hydrogen-bond acceptors (Lipinski definition) is 3. The van der Waals surface area contributed by atoms with Gasteiger partial charge in [0.1, 0.15) is 0 Å². The molecule has 140 valence electrons. The minimum Gasteiger partial charge on any atom is -0.381 e. The number of ether oxygens (including phenoxy) is 1. The van der Waals surface area contributed by atoms with Crippen molar-refractivity contribution in [3.05, 3.63) is 34.9 Å². The van der Waals surface area contributed by atoms with Gasteiger partial charge in [0, 0.05) is 50.7 Å². The second-order valence-corrected chi connectivity index (χ2v) is 7.95. The van der Waals surface area contributed by atoms with Crippen LogP contribution in [0.5, 0.6) is 0 Å². The molecular formula is C19H30ClN3OS. The van der Waals surface area contributed by atoms with Gasteiger partial charge < -0.3 is 15.0 Å². The van der Waals surface area contributed by atoms with E-state index in [2.05, 4.69) is 34.6 Å². The maximum Gasteiger partial charge on any atom is 0.193 e. The van der Waals surface area contributed by atoms with Gasteiger partial charge in [0.15, 0.2) is 5.96 Å². The lowest BCUT2D eigenvalue weighted by Gasteiger charge is -2.27. The van der Waals surface area contributed by atoms with Gasteiger partial charge in [-0.3, -0.25) is 4.99 Å². The van der Waals surface area contributed by atoms with Gasteiger partial charge in [-0.25, -0.2) is 0 Å². The van der Waals surface area contributed by atoms with Gasteiger partial charge in [0.25, 0.3) is 0 Å². The fraction of sp³-hybridized carbons (Fsp3) is 0.632. The van der Waals surface area contributed by atoms with Gasteiger partial charge >= 0.3 is 0 Å². The highest BCUT2D eigenvalue weighted by molar-refractivity contribution is 7.98. The zero-order chi connectivity index (χ0) is 18.1. The standard InChI is InChI=1S/C19H30ClN3OS/c1-21-19(23(2)10-7-15-8-11-24-12-9-15)22-14-18(25-3)16-5-4-6-17(20)13-16/h4-6,13,15,18H,7-12,14H2,1-3H3,(H,21,22). The second-order valence-electron chi connectivity index (χ2n) is 6.47. The molecule has 1 aromatic carbocycles. The number of aliphatic imine (C=N–C) groups is 1. The summed E-state index contributed by atoms with van der Waals surface area (Å²) in [6, 6.07) is 8.10. The van der Waals surface area contributed by atoms with E-state index in [9.17, 15) is 0 Å². The molecule has 1 N–H and O–H groups in total. The second kappa shape index (κ2) is 10.9. The Morgan fingerprint density at radius 3 is 2.84 bits per heavy atom. The number of halogens is 1. The summed E-state index contributed by atoms with van der Waals surface area (Å²) in [6.45, 7) is 3.67. The predicted octanol–water partition coefficient (Wildman–Crippen LogP) is 4.07. The summed E-state index contributed by atoms with van der Waals surface area (Å²) >= 11 is 7.95. The van der Waals surface area contributed by atoms with E-state index in [4.69, 9.17) is 16.3 Å². The van der Waals surface area contributed by atoms with Crippen molar-refractivity contribution in [2.24, 2.45) is 10.9 Å². The molecule has 0 spiro atoms. The first-order valence-corrected chi connectivity index (χ1v) is 10.6. The monoisotopic (exact) mass is 383 g/mol. The quantitative estimate of drug-likeness (QED) is 0.568. The number of nitrogens with one attached hydrogen (secondary N) is 1. The summed E-state index contributed by atoms with van der Waals surface area (Å²) in [4.78, 5) is 6.67. The number of nitrogens with zero attached hydrogens (tertiary/aromatic N) is 2. The van der Waals surface area contributed by atoms with Crippen molar-refractivity contribution in [3.63, 3.8) is 0 Å². The van der Waals surface area contributed by atoms with Crippen LogP contribution in [0.15, 0.2) is 29.3 Å². The SMILES string of the molecule is CN=C(NCC(SC)c1cccc(Cl)c1)N(C)CCC1CCOCC1. The Bertz CT molecular complexity index is 549. The molecule has 0 bridgehead atoms. The Hall–Kier alpha value is -0.910. The van der Waals surface area contributed by atoms with Crippen LogP contribution in [-0.4, -0.2) is 57.5 Å². The van der Waals surface area contributed by atoms with Crippen LogP contribution in [0, 0.1) is 5.92 Å². The molecule has 1 heterocycles. The summed E-state index contributed by atoms with van der Waals surface area (Å²) in [5, 5.41) is 4.65. The highest BCUT2D eigenvalue weighted by Gasteiger charge is 2.16. The molecule has 25 heavy (non-hydrogen) atoms. The first kappa shape index (κ1) is 20.4. The van der Waals surface area contributed by atoms with Crippen LogP contribution >= 0.6 is 23.4 Å². The molecule has 1 atom stereocenters. The zero-order valence-electron chi connectivity index (χ0n) is 15.5. The van der Waals surface area contributed by atoms with Crippen molar-refractivity contribution in [2.75, 3.05) is 46.7 Å². The van der Waals surface area contributed by atoms with E-state index in [1.807, 2.05) is 37.0 Å². The van der Waals surface area contributed by atoms with Crippen LogP contribution in [-0.2, 0) is 4.74 Å². The smallest absolute Gasteiger partial charge is 0.193 e. The number of hydrogen-bond donors (Lipinski definition) is 1. The maximum atomic E-state index is 6.13. The minimum absolute atomic E-state index is 0.347. The molecule has 0 radical (unpaired) electrons. The van der Waals surface area contributed by atoms with E-state index in [1.165, 1.54) is 24.8 Å². The molecule has 1 aromatic rings. The normalized spacial score (nSPS) is 17.4. The van der Waals surface area contributed by atoms with Crippen molar-refractivity contribution in [1.29, 1.82) is 0 Å². The van der Waals surface area contributed by atoms with Crippen molar-refractivity contribution < 1.29 is 4.74 Å². The van der Waals surface area contributed by atoms with E-state index >= 15 is 0 Å². The summed E-state index contributed by atoms with van der Waals surface area (Å²) in [5.41, 5.74) is 1.24. The number of guanidine groups is 1. The molecule has 1 aliphatic rings. The molecular weight excluding hydrogens is 354 g/mol. The van der Waals surface area contributed by atoms with Gasteiger partial charge in [0.05, 0.1) is 0 Å². The molecule has 1 saturated heterocycles. The third-order valence-corrected chi connectivity index (χ3v) is 5.98. The van der Waals surface area contributed by atoms with Crippen molar-refractivity contribution in [3.8, 4) is 0 Å². The van der Waals surface area contributed by atoms with Crippen LogP contribution in [0.25, 0.3) is 0 Å². The molecule has 0 amide bonds. The van der Waals surface area contributed by atoms with Gasteiger partial charge in [-0.15, -0.1) is 0 Å². The number of thioether (sulfide) groups is 1. The molecule has 2 rings (SSSR count). The molecule has 4 nitrogen and oxygen atoms in total. The van der Waals surface area contributed by atoms with Crippen molar-refractivity contribution in [2.45, 2.75) is 24.5 Å². The average molecular weight is 384 g/mol. The average Bonchev–Trinajstić information content (AvgIpc) is 2.64. The highest BCUT2D eigenvalue weighted by Crippen LogP contribution is 2.27. The topological polar surface area (TPSA) is 36.9 Å². The minimum atomic E-state index is 0.347. The lowest BCUT2D eigenvalue weighted by atomic mass is 9.96. The third-order valence-electron chi connectivity index (χ3n) is 4.74. The first-order valence-electron chi connectivity index (χ1n) is 8.91. The van der Waals surface area contributed by atoms with Crippen LogP contribution in [0.3, 0.4) is 0 Å². The third kappa shape index (κ3) is 6.72. The Morgan fingerprint density at radius 2 is 2.20 bits per heavy atom. The van der Waals surface area contributed by atoms with Crippen LogP contribution < -0.4 is 5.32 Å². The largest absolute Gasteiger partial charge is 0.381 e. The van der Waals surface area contributed by atoms with E-state index in [-0.39, 0.29) is 0 Å². The Morgan fingerprint density at radius 1 is 1.44 bits per heavy atom. The first-order chi connectivity index (χ1) is 12.1. The molecule has 0 aromatic heterocycles. The van der Waals surface area contributed by atoms with Crippen molar-refractivity contribution >= 4 is 29.3 Å². The maximum absolute atomic E-state index is 6.13. The summed E-state index contributed by atoms with van der Waals surface area (Å²) < 4.78 is 5.44. The van der Waals surface area contributed by atoms with Gasteiger partial charge in [-0.1, -0.05) is 23.7 Å². The number of benzene rings is 1. The van der Waals surface area contributed by atoms with E-state index < -0.39 is 0 Å². The zero-order valence-corrected chi connectivity index (χ0v) is 17.1. The Kier molecular flexibility index (Phi) is 8.93. The van der Waals surface area contributed by atoms with Crippen LogP contribution in [0.1, 0.15) is 30.1 Å². The Labute approximate surface area is 161 Å². The summed E-state index contributed by atoms with van der Waals surface area (Å²) in [7, 11) is 3.96. The molecule has 0 aliphatic carbocycles. The Balaban J connectivity index is 1.83. The summed E-state index contributed by atoms with van der Waals surface area (Å²) in [5.74, 6) is 1.73. The predicted molar refractivity (Wildman–Crippen MR) is 110 cm³/mol. The van der Waals surface area contributed by atoms with Crippen LogP contribution in [0.2, 0.25) is 5.02 Å². The number of rotatable bonds is 7. The lowest BCUT2D eigenvalue weighted by Crippen LogP contribution is -2.41. The molecule has 1 unspecified atom stereocenters. The van der Waals surface area contributed by atoms with Crippen molar-refractivity contribution in [1.82, 2.24) is 10.2 Å². The fourth-order valence-corrected chi connectivity index (χ4v) is 4.00.